The summed E-state index contributed by atoms with van der Waals surface area (Å²) in [5.74, 6) is -0.507. The molecule has 144 valence electrons. The summed E-state index contributed by atoms with van der Waals surface area (Å²) in [6, 6.07) is 5.58. The molecule has 0 radical (unpaired) electrons. The molecule has 2 heterocycles. The molecular formula is C18H19ClFN3O3S. The van der Waals surface area contributed by atoms with Crippen LogP contribution in [-0.2, 0) is 21.2 Å². The number of carbonyl (C=O) groups is 1. The maximum absolute atomic E-state index is 12.9. The monoisotopic (exact) mass is 411 g/mol. The van der Waals surface area contributed by atoms with Crippen molar-refractivity contribution in [3.63, 3.8) is 0 Å². The Morgan fingerprint density at radius 3 is 2.74 bits per heavy atom. The number of aromatic nitrogens is 2. The first-order valence-electron chi connectivity index (χ1n) is 8.40. The van der Waals surface area contributed by atoms with Gasteiger partial charge in [0, 0.05) is 18.2 Å². The third-order valence-electron chi connectivity index (χ3n) is 4.41. The number of hydrogen-bond donors (Lipinski definition) is 1. The van der Waals surface area contributed by atoms with Crippen molar-refractivity contribution in [2.45, 2.75) is 25.9 Å². The molecule has 2 aromatic rings. The third kappa shape index (κ3) is 4.75. The summed E-state index contributed by atoms with van der Waals surface area (Å²) in [5, 5.41) is 7.36. The Bertz CT molecular complexity index is 984. The van der Waals surface area contributed by atoms with Crippen molar-refractivity contribution in [3.05, 3.63) is 58.1 Å². The largest absolute Gasteiger partial charge is 0.348 e. The molecule has 1 aromatic heterocycles. The van der Waals surface area contributed by atoms with Gasteiger partial charge in [-0.2, -0.15) is 5.10 Å². The Balaban J connectivity index is 1.66. The molecule has 0 saturated carbocycles. The molecule has 0 bridgehead atoms. The van der Waals surface area contributed by atoms with Crippen LogP contribution in [0.3, 0.4) is 0 Å². The lowest BCUT2D eigenvalue weighted by Crippen LogP contribution is -2.20. The highest BCUT2D eigenvalue weighted by Gasteiger charge is 2.31. The van der Waals surface area contributed by atoms with E-state index in [9.17, 15) is 17.6 Å². The van der Waals surface area contributed by atoms with E-state index in [2.05, 4.69) is 10.4 Å². The lowest BCUT2D eigenvalue weighted by Gasteiger charge is -2.09. The van der Waals surface area contributed by atoms with Gasteiger partial charge in [-0.05, 0) is 37.1 Å². The minimum Gasteiger partial charge on any atom is -0.348 e. The SMILES string of the molecule is Cc1nn([C@H]2CCS(=O)(=O)C2)c(Cl)c1/C=C/C(=O)NCc1ccc(F)cc1. The second kappa shape index (κ2) is 7.82. The van der Waals surface area contributed by atoms with E-state index < -0.39 is 9.84 Å². The van der Waals surface area contributed by atoms with Crippen LogP contribution in [0.2, 0.25) is 5.15 Å². The van der Waals surface area contributed by atoms with Crippen LogP contribution in [0.4, 0.5) is 4.39 Å². The van der Waals surface area contributed by atoms with E-state index >= 15 is 0 Å². The molecule has 1 fully saturated rings. The summed E-state index contributed by atoms with van der Waals surface area (Å²) in [7, 11) is -3.05. The van der Waals surface area contributed by atoms with Crippen LogP contribution in [0.25, 0.3) is 6.08 Å². The van der Waals surface area contributed by atoms with Crippen LogP contribution in [-0.4, -0.2) is 35.6 Å². The molecule has 1 aliphatic rings. The maximum Gasteiger partial charge on any atom is 0.244 e. The fourth-order valence-electron chi connectivity index (χ4n) is 2.94. The number of hydrogen-bond acceptors (Lipinski definition) is 4. The Morgan fingerprint density at radius 2 is 2.11 bits per heavy atom. The second-order valence-electron chi connectivity index (χ2n) is 6.47. The van der Waals surface area contributed by atoms with Crippen LogP contribution >= 0.6 is 11.6 Å². The Labute approximate surface area is 161 Å². The van der Waals surface area contributed by atoms with Gasteiger partial charge in [0.15, 0.2) is 9.84 Å². The van der Waals surface area contributed by atoms with Gasteiger partial charge in [-0.25, -0.2) is 17.5 Å². The number of halogens is 2. The normalized spacial score (nSPS) is 18.9. The predicted molar refractivity (Wildman–Crippen MR) is 102 cm³/mol. The third-order valence-corrected chi connectivity index (χ3v) is 6.53. The zero-order valence-electron chi connectivity index (χ0n) is 14.7. The van der Waals surface area contributed by atoms with E-state index in [0.29, 0.717) is 22.8 Å². The molecule has 1 N–H and O–H groups in total. The number of sulfone groups is 1. The molecule has 1 amide bonds. The lowest BCUT2D eigenvalue weighted by atomic mass is 10.2. The van der Waals surface area contributed by atoms with E-state index in [0.717, 1.165) is 5.56 Å². The average molecular weight is 412 g/mol. The van der Waals surface area contributed by atoms with Gasteiger partial charge in [0.05, 0.1) is 23.2 Å². The van der Waals surface area contributed by atoms with Gasteiger partial charge < -0.3 is 5.32 Å². The van der Waals surface area contributed by atoms with Gasteiger partial charge >= 0.3 is 0 Å². The zero-order valence-corrected chi connectivity index (χ0v) is 16.2. The topological polar surface area (TPSA) is 81.1 Å². The predicted octanol–water partition coefficient (Wildman–Crippen LogP) is 2.67. The number of nitrogens with zero attached hydrogens (tertiary/aromatic N) is 2. The smallest absolute Gasteiger partial charge is 0.244 e. The van der Waals surface area contributed by atoms with Gasteiger partial charge in [-0.3, -0.25) is 4.79 Å². The number of rotatable bonds is 5. The summed E-state index contributed by atoms with van der Waals surface area (Å²) in [6.45, 7) is 2.03. The number of carbonyl (C=O) groups excluding carboxylic acids is 1. The Hall–Kier alpha value is -2.19. The van der Waals surface area contributed by atoms with Gasteiger partial charge in [0.2, 0.25) is 5.91 Å². The van der Waals surface area contributed by atoms with Crippen LogP contribution < -0.4 is 5.32 Å². The molecule has 3 rings (SSSR count). The molecule has 1 aromatic carbocycles. The van der Waals surface area contributed by atoms with Crippen molar-refractivity contribution in [2.24, 2.45) is 0 Å². The lowest BCUT2D eigenvalue weighted by molar-refractivity contribution is -0.116. The highest BCUT2D eigenvalue weighted by atomic mass is 35.5. The van der Waals surface area contributed by atoms with Gasteiger partial charge in [-0.1, -0.05) is 23.7 Å². The molecule has 1 saturated heterocycles. The van der Waals surface area contributed by atoms with E-state index in [1.54, 1.807) is 25.1 Å². The number of benzene rings is 1. The first-order valence-corrected chi connectivity index (χ1v) is 10.6. The number of aryl methyl sites for hydroxylation is 1. The Morgan fingerprint density at radius 1 is 1.41 bits per heavy atom. The molecule has 27 heavy (non-hydrogen) atoms. The second-order valence-corrected chi connectivity index (χ2v) is 9.06. The summed E-state index contributed by atoms with van der Waals surface area (Å²) in [5.41, 5.74) is 1.98. The van der Waals surface area contributed by atoms with Gasteiger partial charge in [0.25, 0.3) is 0 Å². The van der Waals surface area contributed by atoms with Crippen molar-refractivity contribution in [1.29, 1.82) is 0 Å². The first kappa shape index (κ1) is 19.6. The van der Waals surface area contributed by atoms with Crippen LogP contribution in [0.15, 0.2) is 30.3 Å². The molecular weight excluding hydrogens is 393 g/mol. The first-order chi connectivity index (χ1) is 12.7. The average Bonchev–Trinajstić information content (AvgIpc) is 3.11. The molecule has 6 nitrogen and oxygen atoms in total. The highest BCUT2D eigenvalue weighted by Crippen LogP contribution is 2.30. The van der Waals surface area contributed by atoms with Crippen molar-refractivity contribution in [2.75, 3.05) is 11.5 Å². The minimum atomic E-state index is -3.05. The van der Waals surface area contributed by atoms with E-state index in [4.69, 9.17) is 11.6 Å². The van der Waals surface area contributed by atoms with Crippen molar-refractivity contribution >= 4 is 33.4 Å². The van der Waals surface area contributed by atoms with Crippen LogP contribution in [0, 0.1) is 12.7 Å². The van der Waals surface area contributed by atoms with E-state index in [-0.39, 0.29) is 35.8 Å². The minimum absolute atomic E-state index is 0.0230. The maximum atomic E-state index is 12.9. The fraction of sp³-hybridized carbons (Fsp3) is 0.333. The number of amides is 1. The molecule has 0 unspecified atom stereocenters. The molecule has 9 heteroatoms. The molecule has 0 aliphatic carbocycles. The fourth-order valence-corrected chi connectivity index (χ4v) is 5.01. The van der Waals surface area contributed by atoms with E-state index in [1.807, 2.05) is 0 Å². The van der Waals surface area contributed by atoms with Gasteiger partial charge in [-0.15, -0.1) is 0 Å². The summed E-state index contributed by atoms with van der Waals surface area (Å²) >= 11 is 6.36. The van der Waals surface area contributed by atoms with Crippen molar-refractivity contribution in [1.82, 2.24) is 15.1 Å². The van der Waals surface area contributed by atoms with Crippen molar-refractivity contribution in [3.8, 4) is 0 Å². The van der Waals surface area contributed by atoms with Crippen LogP contribution in [0.1, 0.15) is 29.3 Å². The standard InChI is InChI=1S/C18H19ClFN3O3S/c1-12-16(18(19)23(22-12)15-8-9-27(25,26)11-15)6-7-17(24)21-10-13-2-4-14(20)5-3-13/h2-7,15H,8-11H2,1H3,(H,21,24)/b7-6+/t15-/m0/s1. The van der Waals surface area contributed by atoms with Crippen LogP contribution in [0.5, 0.6) is 0 Å². The summed E-state index contributed by atoms with van der Waals surface area (Å²) in [4.78, 5) is 12.0. The van der Waals surface area contributed by atoms with Crippen molar-refractivity contribution < 1.29 is 17.6 Å². The Kier molecular flexibility index (Phi) is 5.67. The zero-order chi connectivity index (χ0) is 19.6. The summed E-state index contributed by atoms with van der Waals surface area (Å²) in [6.07, 6.45) is 3.38. The molecule has 1 aliphatic heterocycles. The van der Waals surface area contributed by atoms with Gasteiger partial charge in [0.1, 0.15) is 11.0 Å². The number of nitrogens with one attached hydrogen (secondary N) is 1. The highest BCUT2D eigenvalue weighted by molar-refractivity contribution is 7.91. The summed E-state index contributed by atoms with van der Waals surface area (Å²) < 4.78 is 37.7. The van der Waals surface area contributed by atoms with E-state index in [1.165, 1.54) is 22.9 Å². The molecule has 0 spiro atoms. The molecule has 1 atom stereocenters. The quantitative estimate of drug-likeness (QED) is 0.767.